The Bertz CT molecular complexity index is 891. The minimum atomic E-state index is -0.0516. The number of nitrogens with zero attached hydrogens (tertiary/aromatic N) is 3. The van der Waals surface area contributed by atoms with Gasteiger partial charge >= 0.3 is 0 Å². The molecule has 0 fully saturated rings. The van der Waals surface area contributed by atoms with Crippen molar-refractivity contribution in [1.29, 1.82) is 0 Å². The normalized spacial score (nSPS) is 12.4. The molecule has 1 aromatic carbocycles. The molecular formula is C20H28N6OS. The van der Waals surface area contributed by atoms with Gasteiger partial charge < -0.3 is 20.4 Å². The molecule has 0 atom stereocenters. The lowest BCUT2D eigenvalue weighted by atomic mass is 9.94. The quantitative estimate of drug-likeness (QED) is 0.318. The van der Waals surface area contributed by atoms with E-state index < -0.39 is 0 Å². The van der Waals surface area contributed by atoms with Crippen molar-refractivity contribution < 1.29 is 4.42 Å². The summed E-state index contributed by atoms with van der Waals surface area (Å²) in [5.74, 6) is 2.23. The molecule has 150 valence electrons. The fraction of sp³-hybridized carbons (Fsp3) is 0.450. The summed E-state index contributed by atoms with van der Waals surface area (Å²) in [7, 11) is 0. The molecule has 7 nitrogen and oxygen atoms in total. The molecule has 0 radical (unpaired) electrons. The standard InChI is InChI=1S/C20H28N6OS/c1-5-21-18(25-13-17-24-12-16(27-17)20(2,3)4)22-10-11-23-19-26-14-8-6-7-9-15(14)28-19/h6-9,12H,5,10-11,13H2,1-4H3,(H,23,26)(H2,21,22,25). The van der Waals surface area contributed by atoms with E-state index in [0.29, 0.717) is 12.4 Å². The molecule has 0 saturated carbocycles. The van der Waals surface area contributed by atoms with E-state index in [9.17, 15) is 0 Å². The molecule has 2 aromatic heterocycles. The molecule has 3 rings (SSSR count). The molecule has 2 heterocycles. The maximum Gasteiger partial charge on any atom is 0.216 e. The van der Waals surface area contributed by atoms with E-state index in [1.807, 2.05) is 25.1 Å². The molecule has 28 heavy (non-hydrogen) atoms. The number of anilines is 1. The van der Waals surface area contributed by atoms with Gasteiger partial charge in [0.2, 0.25) is 5.89 Å². The third kappa shape index (κ3) is 5.45. The van der Waals surface area contributed by atoms with Crippen LogP contribution in [-0.2, 0) is 12.0 Å². The molecule has 0 aliphatic heterocycles. The molecule has 0 saturated heterocycles. The lowest BCUT2D eigenvalue weighted by Crippen LogP contribution is -2.39. The van der Waals surface area contributed by atoms with E-state index in [0.717, 1.165) is 42.0 Å². The highest BCUT2D eigenvalue weighted by atomic mass is 32.1. The average Bonchev–Trinajstić information content (AvgIpc) is 3.29. The summed E-state index contributed by atoms with van der Waals surface area (Å²) < 4.78 is 6.98. The second-order valence-electron chi connectivity index (χ2n) is 7.40. The molecule has 0 aliphatic carbocycles. The van der Waals surface area contributed by atoms with Crippen LogP contribution < -0.4 is 16.0 Å². The first kappa shape index (κ1) is 20.1. The van der Waals surface area contributed by atoms with Crippen LogP contribution in [0.5, 0.6) is 0 Å². The maximum atomic E-state index is 5.80. The van der Waals surface area contributed by atoms with Gasteiger partial charge in [-0.3, -0.25) is 0 Å². The molecule has 0 bridgehead atoms. The summed E-state index contributed by atoms with van der Waals surface area (Å²) in [5.41, 5.74) is 0.975. The van der Waals surface area contributed by atoms with Crippen LogP contribution in [0.2, 0.25) is 0 Å². The number of guanidine groups is 1. The molecule has 0 spiro atoms. The van der Waals surface area contributed by atoms with Gasteiger partial charge in [0, 0.05) is 25.0 Å². The number of aromatic nitrogens is 2. The van der Waals surface area contributed by atoms with E-state index >= 15 is 0 Å². The van der Waals surface area contributed by atoms with E-state index in [1.165, 1.54) is 4.70 Å². The first-order valence-electron chi connectivity index (χ1n) is 9.52. The Hall–Kier alpha value is -2.61. The van der Waals surface area contributed by atoms with Crippen LogP contribution in [0.15, 0.2) is 39.9 Å². The first-order valence-corrected chi connectivity index (χ1v) is 10.3. The third-order valence-corrected chi connectivity index (χ3v) is 4.99. The topological polar surface area (TPSA) is 87.4 Å². The summed E-state index contributed by atoms with van der Waals surface area (Å²) in [6.45, 7) is 11.0. The monoisotopic (exact) mass is 400 g/mol. The van der Waals surface area contributed by atoms with Crippen molar-refractivity contribution in [2.24, 2.45) is 4.99 Å². The summed E-state index contributed by atoms with van der Waals surface area (Å²) in [4.78, 5) is 13.5. The van der Waals surface area contributed by atoms with Gasteiger partial charge in [-0.15, -0.1) is 0 Å². The fourth-order valence-electron chi connectivity index (χ4n) is 2.52. The number of oxazole rings is 1. The lowest BCUT2D eigenvalue weighted by molar-refractivity contribution is 0.383. The van der Waals surface area contributed by atoms with Crippen molar-refractivity contribution in [3.63, 3.8) is 0 Å². The zero-order valence-electron chi connectivity index (χ0n) is 16.9. The van der Waals surface area contributed by atoms with Gasteiger partial charge in [0.15, 0.2) is 11.1 Å². The second-order valence-corrected chi connectivity index (χ2v) is 8.43. The Kier molecular flexibility index (Phi) is 6.51. The number of rotatable bonds is 7. The van der Waals surface area contributed by atoms with Crippen LogP contribution >= 0.6 is 11.3 Å². The van der Waals surface area contributed by atoms with E-state index in [1.54, 1.807) is 17.5 Å². The SMILES string of the molecule is CCNC(=NCc1ncc(C(C)(C)C)o1)NCCNc1nc2ccccc2s1. The largest absolute Gasteiger partial charge is 0.443 e. The maximum absolute atomic E-state index is 5.80. The number of aliphatic imine (C=N–C) groups is 1. The second kappa shape index (κ2) is 9.05. The number of hydrogen-bond acceptors (Lipinski definition) is 6. The highest BCUT2D eigenvalue weighted by Gasteiger charge is 2.19. The smallest absolute Gasteiger partial charge is 0.216 e. The highest BCUT2D eigenvalue weighted by Crippen LogP contribution is 2.25. The van der Waals surface area contributed by atoms with Gasteiger partial charge in [-0.25, -0.2) is 15.0 Å². The number of fused-ring (bicyclic) bond motifs is 1. The number of hydrogen-bond donors (Lipinski definition) is 3. The number of thiazole rings is 1. The highest BCUT2D eigenvalue weighted by molar-refractivity contribution is 7.22. The molecule has 0 amide bonds. The van der Waals surface area contributed by atoms with Crippen molar-refractivity contribution in [2.45, 2.75) is 39.7 Å². The molecule has 0 unspecified atom stereocenters. The van der Waals surface area contributed by atoms with Crippen molar-refractivity contribution in [2.75, 3.05) is 25.0 Å². The Morgan fingerprint density at radius 2 is 2.00 bits per heavy atom. The van der Waals surface area contributed by atoms with Crippen LogP contribution in [-0.4, -0.2) is 35.6 Å². The van der Waals surface area contributed by atoms with Gasteiger partial charge in [0.25, 0.3) is 0 Å². The van der Waals surface area contributed by atoms with Crippen LogP contribution in [0, 0.1) is 0 Å². The van der Waals surface area contributed by atoms with Crippen molar-refractivity contribution in [3.8, 4) is 0 Å². The zero-order chi connectivity index (χ0) is 20.0. The molecule has 3 aromatic rings. The Balaban J connectivity index is 1.49. The van der Waals surface area contributed by atoms with Gasteiger partial charge in [-0.2, -0.15) is 0 Å². The zero-order valence-corrected chi connectivity index (χ0v) is 17.7. The lowest BCUT2D eigenvalue weighted by Gasteiger charge is -2.13. The minimum Gasteiger partial charge on any atom is -0.443 e. The molecule has 0 aliphatic rings. The molecular weight excluding hydrogens is 372 g/mol. The minimum absolute atomic E-state index is 0.0516. The predicted molar refractivity (Wildman–Crippen MR) is 116 cm³/mol. The first-order chi connectivity index (χ1) is 13.5. The number of para-hydroxylation sites is 1. The third-order valence-electron chi connectivity index (χ3n) is 4.00. The van der Waals surface area contributed by atoms with Gasteiger partial charge in [0.1, 0.15) is 12.3 Å². The molecule has 8 heteroatoms. The summed E-state index contributed by atoms with van der Waals surface area (Å²) >= 11 is 1.66. The van der Waals surface area contributed by atoms with Gasteiger partial charge in [-0.05, 0) is 19.1 Å². The van der Waals surface area contributed by atoms with Crippen LogP contribution in [0.3, 0.4) is 0 Å². The van der Waals surface area contributed by atoms with Crippen molar-refractivity contribution >= 4 is 32.6 Å². The van der Waals surface area contributed by atoms with Crippen molar-refractivity contribution in [3.05, 3.63) is 42.1 Å². The van der Waals surface area contributed by atoms with Crippen LogP contribution in [0.25, 0.3) is 10.2 Å². The van der Waals surface area contributed by atoms with Gasteiger partial charge in [-0.1, -0.05) is 44.2 Å². The van der Waals surface area contributed by atoms with E-state index in [2.05, 4.69) is 57.7 Å². The molecule has 3 N–H and O–H groups in total. The fourth-order valence-corrected chi connectivity index (χ4v) is 3.41. The van der Waals surface area contributed by atoms with E-state index in [-0.39, 0.29) is 5.41 Å². The number of nitrogens with one attached hydrogen (secondary N) is 3. The summed E-state index contributed by atoms with van der Waals surface area (Å²) in [6.07, 6.45) is 1.78. The van der Waals surface area contributed by atoms with Crippen LogP contribution in [0.1, 0.15) is 39.3 Å². The Morgan fingerprint density at radius 1 is 1.18 bits per heavy atom. The van der Waals surface area contributed by atoms with Gasteiger partial charge in [0.05, 0.1) is 16.4 Å². The van der Waals surface area contributed by atoms with Crippen molar-refractivity contribution in [1.82, 2.24) is 20.6 Å². The van der Waals surface area contributed by atoms with Crippen LogP contribution in [0.4, 0.5) is 5.13 Å². The Labute approximate surface area is 169 Å². The predicted octanol–water partition coefficient (Wildman–Crippen LogP) is 3.75. The summed E-state index contributed by atoms with van der Waals surface area (Å²) in [6, 6.07) is 8.15. The van der Waals surface area contributed by atoms with E-state index in [4.69, 9.17) is 4.42 Å². The summed E-state index contributed by atoms with van der Waals surface area (Å²) in [5, 5.41) is 10.8. The Morgan fingerprint density at radius 3 is 2.71 bits per heavy atom. The number of benzene rings is 1. The average molecular weight is 401 g/mol.